The van der Waals surface area contributed by atoms with Gasteiger partial charge in [0.15, 0.2) is 0 Å². The fraction of sp³-hybridized carbons (Fsp3) is 0.800. The van der Waals surface area contributed by atoms with Crippen LogP contribution in [0.3, 0.4) is 0 Å². The van der Waals surface area contributed by atoms with E-state index in [2.05, 4.69) is 13.8 Å². The van der Waals surface area contributed by atoms with E-state index < -0.39 is 0 Å². The average molecular weight is 503 g/mol. The molecule has 1 aliphatic heterocycles. The summed E-state index contributed by atoms with van der Waals surface area (Å²) >= 11 is 0. The summed E-state index contributed by atoms with van der Waals surface area (Å²) in [6, 6.07) is 3.30. The Hall–Kier alpha value is -1.66. The minimum Gasteiger partial charge on any atom is -0.459 e. The summed E-state index contributed by atoms with van der Waals surface area (Å²) in [5.41, 5.74) is 0.319. The number of carbonyl (C=O) groups excluding carboxylic acids is 1. The predicted molar refractivity (Wildman–Crippen MR) is 139 cm³/mol. The molecule has 10 atom stereocenters. The molecule has 1 saturated heterocycles. The Balaban J connectivity index is 0.000000726. The second-order valence-electron chi connectivity index (χ2n) is 11.6. The largest absolute Gasteiger partial charge is 0.459 e. The highest BCUT2D eigenvalue weighted by molar-refractivity contribution is 5.66. The van der Waals surface area contributed by atoms with Crippen molar-refractivity contribution < 1.29 is 23.8 Å². The summed E-state index contributed by atoms with van der Waals surface area (Å²) in [6.45, 7) is 14.2. The number of aliphatic hydroxyl groups is 1. The molecule has 0 radical (unpaired) electrons. The maximum absolute atomic E-state index is 12.1. The molecular weight excluding hydrogens is 456 g/mol. The molecule has 5 fully saturated rings. The molecule has 6 nitrogen and oxygen atoms in total. The van der Waals surface area contributed by atoms with Crippen LogP contribution in [0.15, 0.2) is 27.6 Å². The van der Waals surface area contributed by atoms with E-state index in [1.807, 2.05) is 33.8 Å². The van der Waals surface area contributed by atoms with Gasteiger partial charge in [0, 0.05) is 24.3 Å². The van der Waals surface area contributed by atoms with E-state index in [4.69, 9.17) is 13.9 Å². The number of hydrogen-bond donors (Lipinski definition) is 1. The van der Waals surface area contributed by atoms with Gasteiger partial charge in [-0.15, -0.1) is 0 Å². The lowest BCUT2D eigenvalue weighted by molar-refractivity contribution is -0.158. The average Bonchev–Trinajstić information content (AvgIpc) is 3.57. The van der Waals surface area contributed by atoms with Crippen LogP contribution in [0.4, 0.5) is 0 Å². The Morgan fingerprint density at radius 1 is 1.03 bits per heavy atom. The first-order valence-electron chi connectivity index (χ1n) is 14.3. The summed E-state index contributed by atoms with van der Waals surface area (Å²) in [6.07, 6.45) is 8.20. The predicted octanol–water partition coefficient (Wildman–Crippen LogP) is 5.85. The first kappa shape index (κ1) is 27.4. The van der Waals surface area contributed by atoms with Gasteiger partial charge >= 0.3 is 11.6 Å². The van der Waals surface area contributed by atoms with Gasteiger partial charge in [-0.2, -0.15) is 0 Å². The third kappa shape index (κ3) is 3.81. The maximum atomic E-state index is 12.1. The van der Waals surface area contributed by atoms with Gasteiger partial charge in [-0.1, -0.05) is 41.5 Å². The second kappa shape index (κ2) is 9.90. The van der Waals surface area contributed by atoms with Crippen molar-refractivity contribution in [3.63, 3.8) is 0 Å². The molecule has 4 saturated carbocycles. The molecule has 36 heavy (non-hydrogen) atoms. The molecular formula is C30H46O6. The Morgan fingerprint density at radius 2 is 1.75 bits per heavy atom. The molecule has 6 rings (SSSR count). The highest BCUT2D eigenvalue weighted by Gasteiger charge is 2.84. The summed E-state index contributed by atoms with van der Waals surface area (Å²) in [4.78, 5) is 23.7. The lowest BCUT2D eigenvalue weighted by Crippen LogP contribution is -2.58. The molecule has 0 amide bonds. The van der Waals surface area contributed by atoms with E-state index in [0.717, 1.165) is 50.5 Å². The third-order valence-electron chi connectivity index (χ3n) is 10.5. The van der Waals surface area contributed by atoms with Gasteiger partial charge < -0.3 is 19.0 Å². The fourth-order valence-corrected chi connectivity index (χ4v) is 9.10. The minimum atomic E-state index is -0.369. The van der Waals surface area contributed by atoms with Crippen LogP contribution >= 0.6 is 0 Å². The van der Waals surface area contributed by atoms with Crippen molar-refractivity contribution in [2.45, 2.75) is 123 Å². The Morgan fingerprint density at radius 3 is 2.39 bits per heavy atom. The number of esters is 1. The van der Waals surface area contributed by atoms with E-state index >= 15 is 0 Å². The van der Waals surface area contributed by atoms with E-state index in [0.29, 0.717) is 17.8 Å². The lowest BCUT2D eigenvalue weighted by atomic mass is 9.44. The van der Waals surface area contributed by atoms with Crippen LogP contribution in [0.1, 0.15) is 105 Å². The smallest absolute Gasteiger partial charge is 0.335 e. The Bertz CT molecular complexity index is 983. The zero-order valence-electron chi connectivity index (χ0n) is 23.2. The zero-order chi connectivity index (χ0) is 26.5. The number of carbonyl (C=O) groups is 1. The van der Waals surface area contributed by atoms with E-state index in [9.17, 15) is 14.7 Å². The van der Waals surface area contributed by atoms with Gasteiger partial charge in [0.2, 0.25) is 0 Å². The van der Waals surface area contributed by atoms with Gasteiger partial charge in [-0.25, -0.2) is 4.79 Å². The maximum Gasteiger partial charge on any atom is 0.335 e. The molecule has 0 bridgehead atoms. The Kier molecular flexibility index (Phi) is 7.53. The topological polar surface area (TPSA) is 89.3 Å². The van der Waals surface area contributed by atoms with Gasteiger partial charge in [-0.3, -0.25) is 4.79 Å². The van der Waals surface area contributed by atoms with Crippen molar-refractivity contribution in [2.75, 3.05) is 0 Å². The van der Waals surface area contributed by atoms with Gasteiger partial charge in [0.25, 0.3) is 0 Å². The number of rotatable bonds is 2. The number of aliphatic hydroxyl groups excluding tert-OH is 1. The molecule has 6 heteroatoms. The molecule has 0 aromatic carbocycles. The van der Waals surface area contributed by atoms with Crippen molar-refractivity contribution in [2.24, 2.45) is 28.6 Å². The van der Waals surface area contributed by atoms with Crippen molar-refractivity contribution >= 4 is 5.97 Å². The third-order valence-corrected chi connectivity index (χ3v) is 10.5. The van der Waals surface area contributed by atoms with Gasteiger partial charge in [0.1, 0.15) is 17.8 Å². The summed E-state index contributed by atoms with van der Waals surface area (Å²) in [5.74, 6) is 1.24. The van der Waals surface area contributed by atoms with Crippen molar-refractivity contribution in [1.82, 2.24) is 0 Å². The lowest BCUT2D eigenvalue weighted by Gasteiger charge is -2.61. The van der Waals surface area contributed by atoms with Crippen LogP contribution in [0, 0.1) is 28.6 Å². The molecule has 1 aromatic rings. The number of epoxide rings is 1. The van der Waals surface area contributed by atoms with Crippen molar-refractivity contribution in [3.05, 3.63) is 34.4 Å². The summed E-state index contributed by atoms with van der Waals surface area (Å²) in [7, 11) is 0. The molecule has 1 aromatic heterocycles. The summed E-state index contributed by atoms with van der Waals surface area (Å²) < 4.78 is 17.8. The van der Waals surface area contributed by atoms with E-state index in [1.165, 1.54) is 13.0 Å². The SMILES string of the molecule is CC.CC.CC(=O)OC1C(c2ccc(=O)oc2)C2(C)CCC3C(CCC4CC(O)CCC43C)C23O[C@H]13. The fourth-order valence-electron chi connectivity index (χ4n) is 9.10. The highest BCUT2D eigenvalue weighted by atomic mass is 16.7. The van der Waals surface area contributed by atoms with E-state index in [1.54, 1.807) is 6.26 Å². The molecule has 9 unspecified atom stereocenters. The number of ether oxygens (including phenoxy) is 2. The molecule has 5 aliphatic rings. The highest BCUT2D eigenvalue weighted by Crippen LogP contribution is 2.78. The standard InChI is InChI=1S/C26H34O6.2C2H6/c1-14(27)31-22-21(15-4-7-20(29)30-13-15)25(3)11-9-18-19(26(25)23(22)32-26)6-5-16-12-17(28)8-10-24(16,18)2;2*1-2/h4,7,13,16-19,21-23,28H,5-6,8-12H2,1-3H3;2*1-2H3/t16?,17?,18?,19?,21?,22?,23-,24?,25?,26?;;/m1../s1. The zero-order valence-corrected chi connectivity index (χ0v) is 23.2. The minimum absolute atomic E-state index is 0.0471. The Labute approximate surface area is 216 Å². The molecule has 202 valence electrons. The first-order valence-corrected chi connectivity index (χ1v) is 14.3. The number of fused-ring (bicyclic) bond motifs is 3. The second-order valence-corrected chi connectivity index (χ2v) is 11.6. The van der Waals surface area contributed by atoms with Crippen LogP contribution in [-0.4, -0.2) is 35.0 Å². The summed E-state index contributed by atoms with van der Waals surface area (Å²) in [5, 5.41) is 10.3. The molecule has 1 N–H and O–H groups in total. The normalized spacial score (nSPS) is 45.7. The van der Waals surface area contributed by atoms with Crippen molar-refractivity contribution in [1.29, 1.82) is 0 Å². The van der Waals surface area contributed by atoms with Crippen LogP contribution in [0.2, 0.25) is 0 Å². The monoisotopic (exact) mass is 502 g/mol. The van der Waals surface area contributed by atoms with Gasteiger partial charge in [-0.05, 0) is 79.7 Å². The van der Waals surface area contributed by atoms with Crippen LogP contribution < -0.4 is 5.63 Å². The first-order chi connectivity index (χ1) is 17.2. The van der Waals surface area contributed by atoms with Crippen LogP contribution in [0.5, 0.6) is 0 Å². The quantitative estimate of drug-likeness (QED) is 0.403. The molecule has 2 heterocycles. The number of hydrogen-bond acceptors (Lipinski definition) is 6. The van der Waals surface area contributed by atoms with Gasteiger partial charge in [0.05, 0.1) is 12.4 Å². The van der Waals surface area contributed by atoms with E-state index in [-0.39, 0.29) is 52.3 Å². The van der Waals surface area contributed by atoms with Crippen LogP contribution in [-0.2, 0) is 14.3 Å². The van der Waals surface area contributed by atoms with Crippen molar-refractivity contribution in [3.8, 4) is 0 Å². The molecule has 1 spiro atoms. The molecule has 4 aliphatic carbocycles. The van der Waals surface area contributed by atoms with Crippen LogP contribution in [0.25, 0.3) is 0 Å².